The molecule has 1 aliphatic heterocycles. The van der Waals surface area contributed by atoms with E-state index in [1.54, 1.807) is 0 Å². The quantitative estimate of drug-likeness (QED) is 0.919. The molecule has 3 rings (SSSR count). The standard InChI is InChI=1S/C17H23NO2/c19-13-15-9-6-12-18(15)16(20)17(10-4-5-11-17)14-7-2-1-3-8-14/h1-3,7-8,15,19H,4-6,9-13H2/t15-/m1/s1. The van der Waals surface area contributed by atoms with Crippen LogP contribution in [0.2, 0.25) is 0 Å². The lowest BCUT2D eigenvalue weighted by molar-refractivity contribution is -0.139. The van der Waals surface area contributed by atoms with Crippen LogP contribution < -0.4 is 0 Å². The largest absolute Gasteiger partial charge is 0.394 e. The Labute approximate surface area is 120 Å². The maximum atomic E-state index is 13.2. The first-order valence-corrected chi connectivity index (χ1v) is 7.75. The number of benzene rings is 1. The van der Waals surface area contributed by atoms with Crippen molar-refractivity contribution in [2.24, 2.45) is 0 Å². The van der Waals surface area contributed by atoms with Crippen LogP contribution in [0.5, 0.6) is 0 Å². The summed E-state index contributed by atoms with van der Waals surface area (Å²) < 4.78 is 0. The number of aliphatic hydroxyl groups excluding tert-OH is 1. The number of nitrogens with zero attached hydrogens (tertiary/aromatic N) is 1. The van der Waals surface area contributed by atoms with Gasteiger partial charge in [-0.05, 0) is 31.2 Å². The van der Waals surface area contributed by atoms with E-state index in [1.807, 2.05) is 23.1 Å². The fourth-order valence-electron chi connectivity index (χ4n) is 3.93. The lowest BCUT2D eigenvalue weighted by Crippen LogP contribution is -2.48. The minimum Gasteiger partial charge on any atom is -0.394 e. The summed E-state index contributed by atoms with van der Waals surface area (Å²) in [5.74, 6) is 0.248. The molecule has 1 aromatic carbocycles. The van der Waals surface area contributed by atoms with E-state index in [0.717, 1.165) is 50.6 Å². The summed E-state index contributed by atoms with van der Waals surface area (Å²) in [7, 11) is 0. The summed E-state index contributed by atoms with van der Waals surface area (Å²) in [6.45, 7) is 0.898. The molecular formula is C17H23NO2. The molecule has 20 heavy (non-hydrogen) atoms. The van der Waals surface area contributed by atoms with E-state index >= 15 is 0 Å². The highest BCUT2D eigenvalue weighted by Gasteiger charge is 2.46. The van der Waals surface area contributed by atoms with Crippen molar-refractivity contribution in [1.29, 1.82) is 0 Å². The van der Waals surface area contributed by atoms with Gasteiger partial charge in [0.2, 0.25) is 5.91 Å². The van der Waals surface area contributed by atoms with Gasteiger partial charge < -0.3 is 10.0 Å². The molecule has 1 aromatic rings. The topological polar surface area (TPSA) is 40.5 Å². The second kappa shape index (κ2) is 5.57. The molecule has 1 N–H and O–H groups in total. The summed E-state index contributed by atoms with van der Waals surface area (Å²) >= 11 is 0. The number of carbonyl (C=O) groups is 1. The maximum Gasteiger partial charge on any atom is 0.233 e. The normalized spacial score (nSPS) is 25.1. The van der Waals surface area contributed by atoms with Crippen LogP contribution in [0.3, 0.4) is 0 Å². The molecule has 1 aliphatic carbocycles. The summed E-state index contributed by atoms with van der Waals surface area (Å²) in [5.41, 5.74) is 0.824. The van der Waals surface area contributed by atoms with Gasteiger partial charge in [-0.15, -0.1) is 0 Å². The third kappa shape index (κ3) is 2.14. The van der Waals surface area contributed by atoms with E-state index in [4.69, 9.17) is 0 Å². The molecule has 0 bridgehead atoms. The zero-order chi connectivity index (χ0) is 14.0. The second-order valence-corrected chi connectivity index (χ2v) is 6.13. The number of amides is 1. The summed E-state index contributed by atoms with van der Waals surface area (Å²) in [6, 6.07) is 10.3. The van der Waals surface area contributed by atoms with Gasteiger partial charge in [-0.1, -0.05) is 43.2 Å². The number of rotatable bonds is 3. The van der Waals surface area contributed by atoms with Crippen molar-refractivity contribution in [3.8, 4) is 0 Å². The van der Waals surface area contributed by atoms with E-state index in [9.17, 15) is 9.90 Å². The van der Waals surface area contributed by atoms with Gasteiger partial charge in [0.05, 0.1) is 18.1 Å². The van der Waals surface area contributed by atoms with Crippen molar-refractivity contribution in [2.75, 3.05) is 13.2 Å². The third-order valence-corrected chi connectivity index (χ3v) is 5.04. The van der Waals surface area contributed by atoms with Crippen molar-refractivity contribution >= 4 is 5.91 Å². The zero-order valence-corrected chi connectivity index (χ0v) is 11.9. The lowest BCUT2D eigenvalue weighted by Gasteiger charge is -2.35. The molecule has 2 aliphatic rings. The molecule has 108 valence electrons. The summed E-state index contributed by atoms with van der Waals surface area (Å²) in [5, 5.41) is 9.49. The molecule has 0 unspecified atom stereocenters. The minimum absolute atomic E-state index is 0.0312. The number of likely N-dealkylation sites (tertiary alicyclic amines) is 1. The van der Waals surface area contributed by atoms with Gasteiger partial charge in [0.15, 0.2) is 0 Å². The van der Waals surface area contributed by atoms with Crippen LogP contribution in [-0.2, 0) is 10.2 Å². The van der Waals surface area contributed by atoms with Crippen molar-refractivity contribution in [3.63, 3.8) is 0 Å². The molecule has 0 spiro atoms. The monoisotopic (exact) mass is 273 g/mol. The molecule has 1 saturated heterocycles. The molecule has 3 nitrogen and oxygen atoms in total. The summed E-state index contributed by atoms with van der Waals surface area (Å²) in [6.07, 6.45) is 6.10. The predicted molar refractivity (Wildman–Crippen MR) is 78.4 cm³/mol. The average Bonchev–Trinajstić information content (AvgIpc) is 3.17. The number of aliphatic hydroxyl groups is 1. The SMILES string of the molecule is O=C(N1CCC[C@@H]1CO)C1(c2ccccc2)CCCC1. The fourth-order valence-corrected chi connectivity index (χ4v) is 3.93. The first-order chi connectivity index (χ1) is 9.78. The van der Waals surface area contributed by atoms with Crippen LogP contribution in [0.15, 0.2) is 30.3 Å². The second-order valence-electron chi connectivity index (χ2n) is 6.13. The Kier molecular flexibility index (Phi) is 3.79. The molecule has 1 saturated carbocycles. The van der Waals surface area contributed by atoms with E-state index in [-0.39, 0.29) is 24.0 Å². The van der Waals surface area contributed by atoms with Gasteiger partial charge in [0, 0.05) is 6.54 Å². The average molecular weight is 273 g/mol. The molecule has 1 heterocycles. The van der Waals surface area contributed by atoms with Crippen LogP contribution in [0.1, 0.15) is 44.1 Å². The number of hydrogen-bond donors (Lipinski definition) is 1. The van der Waals surface area contributed by atoms with E-state index in [0.29, 0.717) is 0 Å². The van der Waals surface area contributed by atoms with E-state index < -0.39 is 0 Å². The highest BCUT2D eigenvalue weighted by molar-refractivity contribution is 5.89. The molecule has 2 fully saturated rings. The van der Waals surface area contributed by atoms with Crippen LogP contribution in [0.4, 0.5) is 0 Å². The van der Waals surface area contributed by atoms with E-state index in [1.165, 1.54) is 0 Å². The lowest BCUT2D eigenvalue weighted by atomic mass is 9.77. The Bertz CT molecular complexity index is 465. The van der Waals surface area contributed by atoms with Crippen LogP contribution >= 0.6 is 0 Å². The zero-order valence-electron chi connectivity index (χ0n) is 11.9. The number of hydrogen-bond acceptors (Lipinski definition) is 2. The van der Waals surface area contributed by atoms with Crippen LogP contribution in [0, 0.1) is 0 Å². The van der Waals surface area contributed by atoms with Gasteiger partial charge in [-0.3, -0.25) is 4.79 Å². The Hall–Kier alpha value is -1.35. The van der Waals surface area contributed by atoms with Crippen LogP contribution in [0.25, 0.3) is 0 Å². The van der Waals surface area contributed by atoms with Gasteiger partial charge in [0.25, 0.3) is 0 Å². The highest BCUT2D eigenvalue weighted by Crippen LogP contribution is 2.43. The Morgan fingerprint density at radius 3 is 2.55 bits per heavy atom. The van der Waals surface area contributed by atoms with Gasteiger partial charge in [0.1, 0.15) is 0 Å². The molecule has 3 heteroatoms. The Morgan fingerprint density at radius 1 is 1.20 bits per heavy atom. The smallest absolute Gasteiger partial charge is 0.233 e. The van der Waals surface area contributed by atoms with Crippen LogP contribution in [-0.4, -0.2) is 35.1 Å². The van der Waals surface area contributed by atoms with Gasteiger partial charge >= 0.3 is 0 Å². The van der Waals surface area contributed by atoms with Crippen molar-refractivity contribution in [3.05, 3.63) is 35.9 Å². The molecule has 0 aromatic heterocycles. The highest BCUT2D eigenvalue weighted by atomic mass is 16.3. The van der Waals surface area contributed by atoms with Gasteiger partial charge in [-0.25, -0.2) is 0 Å². The van der Waals surface area contributed by atoms with Crippen molar-refractivity contribution < 1.29 is 9.90 Å². The first-order valence-electron chi connectivity index (χ1n) is 7.75. The van der Waals surface area contributed by atoms with Crippen molar-refractivity contribution in [1.82, 2.24) is 4.90 Å². The first kappa shape index (κ1) is 13.6. The maximum absolute atomic E-state index is 13.2. The molecule has 1 amide bonds. The summed E-state index contributed by atoms with van der Waals surface area (Å²) in [4.78, 5) is 15.1. The Balaban J connectivity index is 1.93. The minimum atomic E-state index is -0.334. The Morgan fingerprint density at radius 2 is 1.90 bits per heavy atom. The molecular weight excluding hydrogens is 250 g/mol. The van der Waals surface area contributed by atoms with Gasteiger partial charge in [-0.2, -0.15) is 0 Å². The van der Waals surface area contributed by atoms with Crippen molar-refractivity contribution in [2.45, 2.75) is 50.0 Å². The third-order valence-electron chi connectivity index (χ3n) is 5.04. The number of carbonyl (C=O) groups excluding carboxylic acids is 1. The van der Waals surface area contributed by atoms with E-state index in [2.05, 4.69) is 12.1 Å². The predicted octanol–water partition coefficient (Wildman–Crippen LogP) is 2.48. The molecule has 0 radical (unpaired) electrons. The fraction of sp³-hybridized carbons (Fsp3) is 0.588. The molecule has 1 atom stereocenters.